The van der Waals surface area contributed by atoms with Crippen LogP contribution in [-0.2, 0) is 4.79 Å². The SMILES string of the molecule is C/C(O)=C1\C(=O)Nc2cc(Cl)c(-c3ccc(N4CCSCC4)cc3)cc21. The number of hydrogen-bond donors (Lipinski definition) is 2. The molecule has 0 spiro atoms. The second kappa shape index (κ2) is 6.89. The van der Waals surface area contributed by atoms with Gasteiger partial charge in [0, 0.05) is 41.4 Å². The third-order valence-electron chi connectivity index (χ3n) is 4.77. The fourth-order valence-electron chi connectivity index (χ4n) is 3.44. The zero-order chi connectivity index (χ0) is 18.3. The molecule has 0 bridgehead atoms. The number of benzene rings is 2. The number of halogens is 1. The number of fused-ring (bicyclic) bond motifs is 1. The summed E-state index contributed by atoms with van der Waals surface area (Å²) in [6, 6.07) is 12.0. The lowest BCUT2D eigenvalue weighted by Crippen LogP contribution is -2.32. The number of carbonyl (C=O) groups is 1. The Morgan fingerprint density at radius 1 is 1.15 bits per heavy atom. The minimum Gasteiger partial charge on any atom is -0.512 e. The summed E-state index contributed by atoms with van der Waals surface area (Å²) in [5.74, 6) is 2.03. The molecule has 0 saturated carbocycles. The first-order chi connectivity index (χ1) is 12.5. The topological polar surface area (TPSA) is 52.6 Å². The predicted molar refractivity (Wildman–Crippen MR) is 110 cm³/mol. The Morgan fingerprint density at radius 3 is 2.50 bits per heavy atom. The highest BCUT2D eigenvalue weighted by molar-refractivity contribution is 7.99. The van der Waals surface area contributed by atoms with Crippen LogP contribution in [0.5, 0.6) is 0 Å². The van der Waals surface area contributed by atoms with E-state index in [-0.39, 0.29) is 11.7 Å². The number of carbonyl (C=O) groups excluding carboxylic acids is 1. The second-order valence-corrected chi connectivity index (χ2v) is 8.07. The van der Waals surface area contributed by atoms with Crippen LogP contribution in [0.1, 0.15) is 12.5 Å². The first-order valence-corrected chi connectivity index (χ1v) is 10.1. The summed E-state index contributed by atoms with van der Waals surface area (Å²) in [5, 5.41) is 13.2. The van der Waals surface area contributed by atoms with Crippen molar-refractivity contribution in [2.45, 2.75) is 6.92 Å². The lowest BCUT2D eigenvalue weighted by atomic mass is 9.98. The number of rotatable bonds is 2. The van der Waals surface area contributed by atoms with E-state index in [9.17, 15) is 9.90 Å². The molecule has 0 aromatic heterocycles. The largest absolute Gasteiger partial charge is 0.512 e. The van der Waals surface area contributed by atoms with Crippen molar-refractivity contribution in [3.8, 4) is 11.1 Å². The van der Waals surface area contributed by atoms with Gasteiger partial charge in [0.1, 0.15) is 5.76 Å². The van der Waals surface area contributed by atoms with Crippen LogP contribution in [0.3, 0.4) is 0 Å². The molecule has 134 valence electrons. The van der Waals surface area contributed by atoms with E-state index in [0.29, 0.717) is 21.8 Å². The highest BCUT2D eigenvalue weighted by Crippen LogP contribution is 2.40. The average Bonchev–Trinajstić information content (AvgIpc) is 2.96. The molecule has 0 aliphatic carbocycles. The standard InChI is InChI=1S/C20H19ClN2O2S/c1-12(24)19-16-10-15(17(21)11-18(16)22-20(19)25)13-2-4-14(5-3-13)23-6-8-26-9-7-23/h2-5,10-11,24H,6-9H2,1H3,(H,22,25)/b19-12+. The summed E-state index contributed by atoms with van der Waals surface area (Å²) in [5.41, 5.74) is 4.68. The summed E-state index contributed by atoms with van der Waals surface area (Å²) in [6.07, 6.45) is 0. The number of allylic oxidation sites excluding steroid dienone is 1. The maximum atomic E-state index is 12.1. The molecule has 1 saturated heterocycles. The molecule has 6 heteroatoms. The molecule has 2 aliphatic rings. The van der Waals surface area contributed by atoms with Gasteiger partial charge in [-0.25, -0.2) is 0 Å². The van der Waals surface area contributed by atoms with Crippen molar-refractivity contribution in [2.75, 3.05) is 34.8 Å². The van der Waals surface area contributed by atoms with Gasteiger partial charge in [-0.05, 0) is 36.8 Å². The number of anilines is 2. The van der Waals surface area contributed by atoms with Crippen molar-refractivity contribution in [1.82, 2.24) is 0 Å². The van der Waals surface area contributed by atoms with Crippen molar-refractivity contribution < 1.29 is 9.90 Å². The van der Waals surface area contributed by atoms with Crippen LogP contribution in [0.15, 0.2) is 42.2 Å². The summed E-state index contributed by atoms with van der Waals surface area (Å²) in [7, 11) is 0. The van der Waals surface area contributed by atoms with Crippen molar-refractivity contribution in [2.24, 2.45) is 0 Å². The Balaban J connectivity index is 1.70. The number of thioether (sulfide) groups is 1. The molecule has 0 unspecified atom stereocenters. The monoisotopic (exact) mass is 386 g/mol. The molecule has 2 N–H and O–H groups in total. The second-order valence-electron chi connectivity index (χ2n) is 6.44. The van der Waals surface area contributed by atoms with Crippen molar-refractivity contribution in [3.63, 3.8) is 0 Å². The number of aliphatic hydroxyl groups excluding tert-OH is 1. The van der Waals surface area contributed by atoms with E-state index in [2.05, 4.69) is 34.5 Å². The first kappa shape index (κ1) is 17.3. The van der Waals surface area contributed by atoms with Gasteiger partial charge in [0.15, 0.2) is 0 Å². The van der Waals surface area contributed by atoms with Gasteiger partial charge >= 0.3 is 0 Å². The van der Waals surface area contributed by atoms with Gasteiger partial charge in [0.2, 0.25) is 0 Å². The molecule has 2 heterocycles. The third-order valence-corrected chi connectivity index (χ3v) is 6.02. The van der Waals surface area contributed by atoms with Crippen LogP contribution >= 0.6 is 23.4 Å². The van der Waals surface area contributed by atoms with Crippen LogP contribution in [0.25, 0.3) is 16.7 Å². The van der Waals surface area contributed by atoms with Gasteiger partial charge in [-0.2, -0.15) is 11.8 Å². The number of hydrogen-bond acceptors (Lipinski definition) is 4. The van der Waals surface area contributed by atoms with Crippen LogP contribution in [-0.4, -0.2) is 35.6 Å². The Bertz CT molecular complexity index is 899. The first-order valence-electron chi connectivity index (χ1n) is 8.53. The van der Waals surface area contributed by atoms with E-state index < -0.39 is 0 Å². The molecular formula is C20H19ClN2O2S. The van der Waals surface area contributed by atoms with Crippen LogP contribution < -0.4 is 10.2 Å². The van der Waals surface area contributed by atoms with E-state index in [1.807, 2.05) is 17.8 Å². The third kappa shape index (κ3) is 3.06. The Morgan fingerprint density at radius 2 is 1.85 bits per heavy atom. The summed E-state index contributed by atoms with van der Waals surface area (Å²) >= 11 is 8.45. The highest BCUT2D eigenvalue weighted by Gasteiger charge is 2.28. The molecule has 26 heavy (non-hydrogen) atoms. The fraction of sp³-hybridized carbons (Fsp3) is 0.250. The molecule has 2 aromatic rings. The van der Waals surface area contributed by atoms with Gasteiger partial charge in [-0.15, -0.1) is 0 Å². The summed E-state index contributed by atoms with van der Waals surface area (Å²) in [4.78, 5) is 14.5. The van der Waals surface area contributed by atoms with Crippen LogP contribution in [0.2, 0.25) is 5.02 Å². The molecule has 2 aromatic carbocycles. The summed E-state index contributed by atoms with van der Waals surface area (Å²) in [6.45, 7) is 3.66. The highest BCUT2D eigenvalue weighted by atomic mass is 35.5. The molecule has 1 fully saturated rings. The lowest BCUT2D eigenvalue weighted by molar-refractivity contribution is -0.110. The minimum atomic E-state index is -0.300. The number of nitrogens with one attached hydrogen (secondary N) is 1. The molecule has 4 nitrogen and oxygen atoms in total. The van der Waals surface area contributed by atoms with Gasteiger partial charge in [-0.1, -0.05) is 23.7 Å². The zero-order valence-electron chi connectivity index (χ0n) is 14.4. The zero-order valence-corrected chi connectivity index (χ0v) is 16.0. The van der Waals surface area contributed by atoms with E-state index in [1.54, 1.807) is 6.07 Å². The molecule has 4 rings (SSSR count). The Hall–Kier alpha value is -2.11. The molecule has 0 atom stereocenters. The van der Waals surface area contributed by atoms with Crippen LogP contribution in [0, 0.1) is 0 Å². The van der Waals surface area contributed by atoms with Gasteiger partial charge in [0.05, 0.1) is 16.3 Å². The van der Waals surface area contributed by atoms with E-state index in [4.69, 9.17) is 11.6 Å². The van der Waals surface area contributed by atoms with Crippen molar-refractivity contribution >= 4 is 46.2 Å². The van der Waals surface area contributed by atoms with Gasteiger partial charge in [-0.3, -0.25) is 4.79 Å². The fourth-order valence-corrected chi connectivity index (χ4v) is 4.62. The van der Waals surface area contributed by atoms with E-state index in [0.717, 1.165) is 35.7 Å². The van der Waals surface area contributed by atoms with E-state index in [1.165, 1.54) is 12.6 Å². The maximum absolute atomic E-state index is 12.1. The normalized spacial score (nSPS) is 18.5. The average molecular weight is 387 g/mol. The molecule has 1 amide bonds. The van der Waals surface area contributed by atoms with Crippen molar-refractivity contribution in [3.05, 3.63) is 52.7 Å². The summed E-state index contributed by atoms with van der Waals surface area (Å²) < 4.78 is 0. The maximum Gasteiger partial charge on any atom is 0.259 e. The smallest absolute Gasteiger partial charge is 0.259 e. The van der Waals surface area contributed by atoms with Gasteiger partial charge in [0.25, 0.3) is 5.91 Å². The molecule has 0 radical (unpaired) electrons. The quantitative estimate of drug-likeness (QED) is 0.575. The van der Waals surface area contributed by atoms with Gasteiger partial charge < -0.3 is 15.3 Å². The van der Waals surface area contributed by atoms with Crippen LogP contribution in [0.4, 0.5) is 11.4 Å². The Labute approximate surface area is 161 Å². The number of amides is 1. The minimum absolute atomic E-state index is 0.00726. The van der Waals surface area contributed by atoms with E-state index >= 15 is 0 Å². The molecule has 2 aliphatic heterocycles. The number of nitrogens with zero attached hydrogens (tertiary/aromatic N) is 1. The Kier molecular flexibility index (Phi) is 4.59. The van der Waals surface area contributed by atoms with Crippen molar-refractivity contribution in [1.29, 1.82) is 0 Å². The molecular weight excluding hydrogens is 368 g/mol. The number of aliphatic hydroxyl groups is 1. The lowest BCUT2D eigenvalue weighted by Gasteiger charge is -2.28. The predicted octanol–water partition coefficient (Wildman–Crippen LogP) is 4.80.